The fourth-order valence-electron chi connectivity index (χ4n) is 4.77. The van der Waals surface area contributed by atoms with E-state index in [1.54, 1.807) is 23.1 Å². The fourth-order valence-corrected chi connectivity index (χ4v) is 6.84. The second-order valence-corrected chi connectivity index (χ2v) is 10.6. The largest absolute Gasteiger partial charge is 0.351 e. The second-order valence-electron chi connectivity index (χ2n) is 8.45. The van der Waals surface area contributed by atoms with Gasteiger partial charge in [-0.3, -0.25) is 9.59 Å². The van der Waals surface area contributed by atoms with Crippen LogP contribution in [0.5, 0.6) is 0 Å². The summed E-state index contributed by atoms with van der Waals surface area (Å²) in [5, 5.41) is 0.812. The Balaban J connectivity index is 1.11. The summed E-state index contributed by atoms with van der Waals surface area (Å²) in [6.07, 6.45) is 11.2. The minimum atomic E-state index is 0.00152. The maximum atomic E-state index is 12.6. The van der Waals surface area contributed by atoms with Crippen LogP contribution in [-0.4, -0.2) is 44.2 Å². The predicted molar refractivity (Wildman–Crippen MR) is 127 cm³/mol. The number of hydrogen-bond acceptors (Lipinski definition) is 5. The highest BCUT2D eigenvalue weighted by molar-refractivity contribution is 7.98. The van der Waals surface area contributed by atoms with E-state index in [-0.39, 0.29) is 11.5 Å². The summed E-state index contributed by atoms with van der Waals surface area (Å²) in [7, 11) is 0. The highest BCUT2D eigenvalue weighted by Crippen LogP contribution is 2.33. The van der Waals surface area contributed by atoms with Gasteiger partial charge in [-0.15, -0.1) is 11.3 Å². The molecule has 0 saturated carbocycles. The van der Waals surface area contributed by atoms with Gasteiger partial charge < -0.3 is 14.5 Å². The zero-order chi connectivity index (χ0) is 21.2. The quantitative estimate of drug-likeness (QED) is 0.566. The molecule has 1 aliphatic carbocycles. The highest BCUT2D eigenvalue weighted by atomic mass is 32.2. The predicted octanol–water partition coefficient (Wildman–Crippen LogP) is 4.15. The monoisotopic (exact) mass is 456 g/mol. The van der Waals surface area contributed by atoms with E-state index in [0.717, 1.165) is 67.0 Å². The molecule has 0 unspecified atom stereocenters. The zero-order valence-electron chi connectivity index (χ0n) is 17.6. The van der Waals surface area contributed by atoms with E-state index in [1.165, 1.54) is 16.9 Å². The van der Waals surface area contributed by atoms with Gasteiger partial charge in [-0.05, 0) is 56.2 Å². The van der Waals surface area contributed by atoms with Gasteiger partial charge in [0, 0.05) is 48.6 Å². The number of thiophene rings is 1. The van der Waals surface area contributed by atoms with Gasteiger partial charge in [-0.1, -0.05) is 0 Å². The van der Waals surface area contributed by atoms with Crippen molar-refractivity contribution in [1.82, 2.24) is 19.4 Å². The summed E-state index contributed by atoms with van der Waals surface area (Å²) in [4.78, 5) is 37.1. The first-order valence-electron chi connectivity index (χ1n) is 11.2. The molecule has 1 fully saturated rings. The Morgan fingerprint density at radius 2 is 1.97 bits per heavy atom. The van der Waals surface area contributed by atoms with Crippen LogP contribution < -0.4 is 5.56 Å². The molecule has 0 radical (unpaired) electrons. The number of fused-ring (bicyclic) bond motifs is 3. The first-order chi connectivity index (χ1) is 15.2. The Morgan fingerprint density at radius 1 is 1.19 bits per heavy atom. The van der Waals surface area contributed by atoms with Crippen LogP contribution in [0.3, 0.4) is 0 Å². The zero-order valence-corrected chi connectivity index (χ0v) is 19.3. The van der Waals surface area contributed by atoms with Crippen molar-refractivity contribution in [2.24, 2.45) is 0 Å². The second kappa shape index (κ2) is 9.20. The van der Waals surface area contributed by atoms with Crippen LogP contribution in [0.25, 0.3) is 10.2 Å². The van der Waals surface area contributed by atoms with Crippen LogP contribution in [-0.2, 0) is 23.4 Å². The molecule has 1 N–H and O–H groups in total. The van der Waals surface area contributed by atoms with Gasteiger partial charge in [0.25, 0.3) is 5.56 Å². The lowest BCUT2D eigenvalue weighted by Crippen LogP contribution is -2.39. The molecule has 1 saturated heterocycles. The molecular formula is C23H28N4O2S2. The Morgan fingerprint density at radius 3 is 2.77 bits per heavy atom. The van der Waals surface area contributed by atoms with Crippen molar-refractivity contribution in [1.29, 1.82) is 0 Å². The van der Waals surface area contributed by atoms with Gasteiger partial charge in [0.1, 0.15) is 10.7 Å². The molecule has 2 aliphatic rings. The van der Waals surface area contributed by atoms with Gasteiger partial charge in [0.2, 0.25) is 5.91 Å². The molecule has 3 aromatic rings. The lowest BCUT2D eigenvalue weighted by Gasteiger charge is -2.32. The van der Waals surface area contributed by atoms with E-state index in [1.807, 2.05) is 4.90 Å². The number of aromatic amines is 1. The van der Waals surface area contributed by atoms with Crippen LogP contribution >= 0.6 is 23.1 Å². The molecule has 31 heavy (non-hydrogen) atoms. The molecule has 0 aromatic carbocycles. The Hall–Kier alpha value is -2.06. The smallest absolute Gasteiger partial charge is 0.259 e. The molecule has 1 aliphatic heterocycles. The topological polar surface area (TPSA) is 71.0 Å². The number of hydrogen-bond donors (Lipinski definition) is 1. The molecule has 0 bridgehead atoms. The molecule has 0 spiro atoms. The maximum Gasteiger partial charge on any atom is 0.259 e. The van der Waals surface area contributed by atoms with Crippen molar-refractivity contribution in [3.05, 3.63) is 51.1 Å². The number of rotatable bonds is 6. The number of piperidine rings is 1. The van der Waals surface area contributed by atoms with Crippen molar-refractivity contribution in [2.45, 2.75) is 56.7 Å². The lowest BCUT2D eigenvalue weighted by atomic mass is 9.97. The van der Waals surface area contributed by atoms with Crippen molar-refractivity contribution in [2.75, 3.05) is 18.8 Å². The highest BCUT2D eigenvalue weighted by Gasteiger charge is 2.23. The number of H-pyrrole nitrogens is 1. The van der Waals surface area contributed by atoms with E-state index in [9.17, 15) is 9.59 Å². The van der Waals surface area contributed by atoms with Gasteiger partial charge in [0.15, 0.2) is 0 Å². The van der Waals surface area contributed by atoms with E-state index in [2.05, 4.69) is 34.1 Å². The normalized spacial score (nSPS) is 17.2. The minimum absolute atomic E-state index is 0.00152. The van der Waals surface area contributed by atoms with Crippen molar-refractivity contribution in [3.63, 3.8) is 0 Å². The van der Waals surface area contributed by atoms with Gasteiger partial charge in [0.05, 0.1) is 11.1 Å². The number of aryl methyl sites for hydroxylation is 2. The molecule has 8 heteroatoms. The Kier molecular flexibility index (Phi) is 6.18. The maximum absolute atomic E-state index is 12.6. The molecule has 0 atom stereocenters. The van der Waals surface area contributed by atoms with E-state index < -0.39 is 0 Å². The van der Waals surface area contributed by atoms with Gasteiger partial charge in [-0.25, -0.2) is 4.98 Å². The first-order valence-corrected chi connectivity index (χ1v) is 13.2. The number of likely N-dealkylation sites (tertiary alicyclic amines) is 1. The number of thioether (sulfide) groups is 1. The third-order valence-corrected chi connectivity index (χ3v) is 8.60. The minimum Gasteiger partial charge on any atom is -0.351 e. The molecule has 5 rings (SSSR count). The Labute approximate surface area is 190 Å². The summed E-state index contributed by atoms with van der Waals surface area (Å²) < 4.78 is 2.26. The van der Waals surface area contributed by atoms with Crippen LogP contribution in [0, 0.1) is 0 Å². The number of amides is 1. The third kappa shape index (κ3) is 4.46. The SMILES string of the molecule is O=C(CCSCc1nc2sc3c(c2c(=O)[nH]1)CCCC3)N1CCC(n2cccc2)CC1. The fraction of sp³-hybridized carbons (Fsp3) is 0.522. The third-order valence-electron chi connectivity index (χ3n) is 6.44. The number of nitrogens with one attached hydrogen (secondary N) is 1. The summed E-state index contributed by atoms with van der Waals surface area (Å²) in [6, 6.07) is 4.62. The molecule has 1 amide bonds. The van der Waals surface area contributed by atoms with E-state index in [0.29, 0.717) is 18.2 Å². The summed E-state index contributed by atoms with van der Waals surface area (Å²) >= 11 is 3.36. The molecule has 164 valence electrons. The molecule has 6 nitrogen and oxygen atoms in total. The van der Waals surface area contributed by atoms with Gasteiger partial charge >= 0.3 is 0 Å². The van der Waals surface area contributed by atoms with Crippen LogP contribution in [0.1, 0.15) is 54.4 Å². The average molecular weight is 457 g/mol. The average Bonchev–Trinajstić information content (AvgIpc) is 3.45. The van der Waals surface area contributed by atoms with E-state index >= 15 is 0 Å². The molecular weight excluding hydrogens is 428 g/mol. The summed E-state index contributed by atoms with van der Waals surface area (Å²) in [5.41, 5.74) is 1.23. The molecule has 4 heterocycles. The number of carbonyl (C=O) groups is 1. The van der Waals surface area contributed by atoms with Crippen molar-refractivity contribution < 1.29 is 4.79 Å². The Bertz CT molecular complexity index is 1110. The van der Waals surface area contributed by atoms with Crippen LogP contribution in [0.15, 0.2) is 29.3 Å². The number of nitrogens with zero attached hydrogens (tertiary/aromatic N) is 3. The number of aromatic nitrogens is 3. The molecule has 3 aromatic heterocycles. The summed E-state index contributed by atoms with van der Waals surface area (Å²) in [6.45, 7) is 1.67. The van der Waals surface area contributed by atoms with Crippen molar-refractivity contribution in [3.8, 4) is 0 Å². The van der Waals surface area contributed by atoms with E-state index in [4.69, 9.17) is 4.98 Å². The van der Waals surface area contributed by atoms with Crippen LogP contribution in [0.2, 0.25) is 0 Å². The number of carbonyl (C=O) groups excluding carboxylic acids is 1. The van der Waals surface area contributed by atoms with Crippen LogP contribution in [0.4, 0.5) is 0 Å². The summed E-state index contributed by atoms with van der Waals surface area (Å²) in [5.74, 6) is 2.35. The van der Waals surface area contributed by atoms with Gasteiger partial charge in [-0.2, -0.15) is 11.8 Å². The standard InChI is InChI=1S/C23H28N4O2S2/c28-20(27-12-7-16(8-13-27)26-10-3-4-11-26)9-14-30-15-19-24-22(29)21-17-5-1-2-6-18(17)31-23(21)25-19/h3-4,10-11,16H,1-2,5-9,12-15H2,(H,24,25,29). The first kappa shape index (κ1) is 20.8. The lowest BCUT2D eigenvalue weighted by molar-refractivity contribution is -0.132. The van der Waals surface area contributed by atoms with Crippen molar-refractivity contribution >= 4 is 39.2 Å².